The van der Waals surface area contributed by atoms with E-state index < -0.39 is 5.97 Å². The van der Waals surface area contributed by atoms with Gasteiger partial charge in [0.25, 0.3) is 5.56 Å². The molecule has 7 heteroatoms. The van der Waals surface area contributed by atoms with Gasteiger partial charge in [-0.25, -0.2) is 4.79 Å². The number of carbonyl (C=O) groups is 1. The first-order chi connectivity index (χ1) is 12.1. The number of aromatic nitrogens is 4. The first kappa shape index (κ1) is 15.2. The van der Waals surface area contributed by atoms with Crippen molar-refractivity contribution in [1.82, 2.24) is 19.7 Å². The van der Waals surface area contributed by atoms with Gasteiger partial charge in [-0.3, -0.25) is 9.48 Å². The summed E-state index contributed by atoms with van der Waals surface area (Å²) in [6, 6.07) is 7.55. The lowest BCUT2D eigenvalue weighted by molar-refractivity contribution is 0.0529. The summed E-state index contributed by atoms with van der Waals surface area (Å²) >= 11 is 0. The van der Waals surface area contributed by atoms with Gasteiger partial charge in [-0.1, -0.05) is 6.07 Å². The molecule has 25 heavy (non-hydrogen) atoms. The number of aromatic amines is 2. The quantitative estimate of drug-likeness (QED) is 0.562. The van der Waals surface area contributed by atoms with Crippen LogP contribution in [0.4, 0.5) is 0 Å². The molecule has 0 bridgehead atoms. The monoisotopic (exact) mass is 336 g/mol. The van der Waals surface area contributed by atoms with Gasteiger partial charge in [0, 0.05) is 41.3 Å². The third kappa shape index (κ3) is 2.40. The Morgan fingerprint density at radius 2 is 2.16 bits per heavy atom. The van der Waals surface area contributed by atoms with Crippen molar-refractivity contribution in [1.29, 1.82) is 0 Å². The smallest absolute Gasteiger partial charge is 0.340 e. The Kier molecular flexibility index (Phi) is 3.42. The number of ether oxygens (including phenoxy) is 1. The molecule has 0 fully saturated rings. The standard InChI is InChI=1S/C18H16N4O3/c1-3-25-18(24)12-9-19-16-15(12)11-8-10(13-6-7-22(2)21-13)4-5-14(11)20-17(16)23/h4-9,19H,3H2,1-2H3,(H,20,23). The molecule has 7 nitrogen and oxygen atoms in total. The second-order valence-corrected chi connectivity index (χ2v) is 5.76. The van der Waals surface area contributed by atoms with Crippen molar-refractivity contribution in [3.8, 4) is 11.3 Å². The van der Waals surface area contributed by atoms with E-state index in [4.69, 9.17) is 4.74 Å². The Morgan fingerprint density at radius 1 is 1.32 bits per heavy atom. The Hall–Kier alpha value is -3.35. The molecule has 0 spiro atoms. The molecule has 1 aromatic carbocycles. The number of pyridine rings is 1. The molecule has 3 aromatic heterocycles. The zero-order valence-electron chi connectivity index (χ0n) is 13.8. The van der Waals surface area contributed by atoms with Gasteiger partial charge in [0.1, 0.15) is 5.52 Å². The number of hydrogen-bond acceptors (Lipinski definition) is 4. The van der Waals surface area contributed by atoms with Gasteiger partial charge in [-0.15, -0.1) is 0 Å². The van der Waals surface area contributed by atoms with Crippen LogP contribution in [-0.4, -0.2) is 32.3 Å². The zero-order valence-corrected chi connectivity index (χ0v) is 13.8. The van der Waals surface area contributed by atoms with Gasteiger partial charge in [-0.2, -0.15) is 5.10 Å². The predicted molar refractivity (Wildman–Crippen MR) is 94.6 cm³/mol. The SMILES string of the molecule is CCOC(=O)c1c[nH]c2c(=O)[nH]c3ccc(-c4ccn(C)n4)cc3c12. The number of nitrogens with zero attached hydrogens (tertiary/aromatic N) is 2. The summed E-state index contributed by atoms with van der Waals surface area (Å²) in [5.41, 5.74) is 2.81. The van der Waals surface area contributed by atoms with Gasteiger partial charge < -0.3 is 14.7 Å². The minimum absolute atomic E-state index is 0.270. The summed E-state index contributed by atoms with van der Waals surface area (Å²) in [7, 11) is 1.85. The molecule has 0 aliphatic carbocycles. The molecule has 0 saturated heterocycles. The molecule has 2 N–H and O–H groups in total. The summed E-state index contributed by atoms with van der Waals surface area (Å²) < 4.78 is 6.84. The van der Waals surface area contributed by atoms with Crippen LogP contribution in [0.15, 0.2) is 41.5 Å². The van der Waals surface area contributed by atoms with Crippen LogP contribution >= 0.6 is 0 Å². The number of H-pyrrole nitrogens is 2. The van der Waals surface area contributed by atoms with E-state index in [9.17, 15) is 9.59 Å². The third-order valence-corrected chi connectivity index (χ3v) is 4.15. The second kappa shape index (κ2) is 5.62. The van der Waals surface area contributed by atoms with Crippen LogP contribution in [-0.2, 0) is 11.8 Å². The lowest BCUT2D eigenvalue weighted by Gasteiger charge is -2.05. The fourth-order valence-corrected chi connectivity index (χ4v) is 3.03. The van der Waals surface area contributed by atoms with Gasteiger partial charge in [0.2, 0.25) is 0 Å². The molecule has 4 aromatic rings. The summed E-state index contributed by atoms with van der Waals surface area (Å²) in [6.07, 6.45) is 3.38. The van der Waals surface area contributed by atoms with E-state index in [1.54, 1.807) is 11.6 Å². The number of nitrogens with one attached hydrogen (secondary N) is 2. The number of esters is 1. The van der Waals surface area contributed by atoms with Gasteiger partial charge in [-0.05, 0) is 25.1 Å². The van der Waals surface area contributed by atoms with Crippen molar-refractivity contribution in [3.63, 3.8) is 0 Å². The first-order valence-corrected chi connectivity index (χ1v) is 7.92. The van der Waals surface area contributed by atoms with Crippen molar-refractivity contribution in [3.05, 3.63) is 52.6 Å². The van der Waals surface area contributed by atoms with Gasteiger partial charge in [0.15, 0.2) is 0 Å². The van der Waals surface area contributed by atoms with Crippen LogP contribution < -0.4 is 5.56 Å². The summed E-state index contributed by atoms with van der Waals surface area (Å²) in [5.74, 6) is -0.455. The highest BCUT2D eigenvalue weighted by atomic mass is 16.5. The molecular formula is C18H16N4O3. The zero-order chi connectivity index (χ0) is 17.6. The Balaban J connectivity index is 2.04. The highest BCUT2D eigenvalue weighted by molar-refractivity contribution is 6.15. The predicted octanol–water partition coefficient (Wildman–Crippen LogP) is 2.59. The molecule has 0 atom stereocenters. The number of hydrogen-bond donors (Lipinski definition) is 2. The molecule has 0 radical (unpaired) electrons. The van der Waals surface area contributed by atoms with Crippen molar-refractivity contribution >= 4 is 27.8 Å². The van der Waals surface area contributed by atoms with Crippen molar-refractivity contribution in [2.75, 3.05) is 6.61 Å². The highest BCUT2D eigenvalue weighted by Gasteiger charge is 2.18. The number of aryl methyl sites for hydroxylation is 1. The van der Waals surface area contributed by atoms with E-state index in [1.165, 1.54) is 6.20 Å². The van der Waals surface area contributed by atoms with Crippen LogP contribution in [0, 0.1) is 0 Å². The van der Waals surface area contributed by atoms with Crippen LogP contribution in [0.2, 0.25) is 0 Å². The molecule has 3 heterocycles. The minimum Gasteiger partial charge on any atom is -0.462 e. The Bertz CT molecular complexity index is 1170. The van der Waals surface area contributed by atoms with Crippen LogP contribution in [0.5, 0.6) is 0 Å². The van der Waals surface area contributed by atoms with Crippen LogP contribution in [0.25, 0.3) is 33.1 Å². The van der Waals surface area contributed by atoms with Crippen LogP contribution in [0.1, 0.15) is 17.3 Å². The maximum atomic E-state index is 12.3. The van der Waals surface area contributed by atoms with Crippen molar-refractivity contribution in [2.45, 2.75) is 6.92 Å². The van der Waals surface area contributed by atoms with E-state index >= 15 is 0 Å². The second-order valence-electron chi connectivity index (χ2n) is 5.76. The lowest BCUT2D eigenvalue weighted by Crippen LogP contribution is -2.08. The normalized spacial score (nSPS) is 11.3. The number of carbonyl (C=O) groups excluding carboxylic acids is 1. The third-order valence-electron chi connectivity index (χ3n) is 4.15. The average molecular weight is 336 g/mol. The highest BCUT2D eigenvalue weighted by Crippen LogP contribution is 2.29. The first-order valence-electron chi connectivity index (χ1n) is 7.92. The number of rotatable bonds is 3. The molecule has 0 saturated carbocycles. The molecule has 126 valence electrons. The molecule has 4 rings (SSSR count). The Labute approximate surface area is 142 Å². The van der Waals surface area contributed by atoms with Crippen molar-refractivity contribution in [2.24, 2.45) is 7.05 Å². The fraction of sp³-hybridized carbons (Fsp3) is 0.167. The molecule has 0 unspecified atom stereocenters. The topological polar surface area (TPSA) is 92.8 Å². The van der Waals surface area contributed by atoms with Crippen molar-refractivity contribution < 1.29 is 9.53 Å². The van der Waals surface area contributed by atoms with E-state index in [2.05, 4.69) is 15.1 Å². The number of fused-ring (bicyclic) bond motifs is 3. The minimum atomic E-state index is -0.455. The van der Waals surface area contributed by atoms with E-state index in [-0.39, 0.29) is 12.2 Å². The van der Waals surface area contributed by atoms with E-state index in [0.717, 1.165) is 16.6 Å². The molecule has 0 aliphatic rings. The summed E-state index contributed by atoms with van der Waals surface area (Å²) in [6.45, 7) is 2.02. The summed E-state index contributed by atoms with van der Waals surface area (Å²) in [4.78, 5) is 30.3. The van der Waals surface area contributed by atoms with E-state index in [1.807, 2.05) is 37.5 Å². The number of benzene rings is 1. The largest absolute Gasteiger partial charge is 0.462 e. The Morgan fingerprint density at radius 3 is 2.88 bits per heavy atom. The molecule has 0 amide bonds. The molecular weight excluding hydrogens is 320 g/mol. The maximum absolute atomic E-state index is 12.3. The van der Waals surface area contributed by atoms with Gasteiger partial charge in [0.05, 0.1) is 17.9 Å². The lowest BCUT2D eigenvalue weighted by atomic mass is 10.0. The van der Waals surface area contributed by atoms with Crippen LogP contribution in [0.3, 0.4) is 0 Å². The van der Waals surface area contributed by atoms with E-state index in [0.29, 0.717) is 22.0 Å². The summed E-state index contributed by atoms with van der Waals surface area (Å²) in [5, 5.41) is 5.74. The average Bonchev–Trinajstić information content (AvgIpc) is 3.22. The van der Waals surface area contributed by atoms with Gasteiger partial charge >= 0.3 is 5.97 Å². The fourth-order valence-electron chi connectivity index (χ4n) is 3.03. The maximum Gasteiger partial charge on any atom is 0.340 e. The molecule has 0 aliphatic heterocycles.